The minimum atomic E-state index is -1.07. The van der Waals surface area contributed by atoms with Crippen LogP contribution in [-0.4, -0.2) is 46.0 Å². The normalized spacial score (nSPS) is 16.1. The van der Waals surface area contributed by atoms with Crippen molar-refractivity contribution >= 4 is 46.3 Å². The van der Waals surface area contributed by atoms with Gasteiger partial charge in [0.05, 0.1) is 12.0 Å². The summed E-state index contributed by atoms with van der Waals surface area (Å²) in [5, 5.41) is 9.01. The van der Waals surface area contributed by atoms with Crippen LogP contribution in [0.15, 0.2) is 53.4 Å². The Morgan fingerprint density at radius 3 is 2.63 bits per heavy atom. The van der Waals surface area contributed by atoms with Crippen LogP contribution in [0.4, 0.5) is 0 Å². The summed E-state index contributed by atoms with van der Waals surface area (Å²) in [4.78, 5) is 26.0. The molecular weight excluding hydrogens is 422 g/mol. The number of thiocarbonyl (C=S) groups is 1. The molecule has 1 aliphatic heterocycles. The number of benzene rings is 2. The van der Waals surface area contributed by atoms with E-state index in [-0.39, 0.29) is 5.91 Å². The van der Waals surface area contributed by atoms with Crippen molar-refractivity contribution in [1.29, 1.82) is 0 Å². The summed E-state index contributed by atoms with van der Waals surface area (Å²) in [5.74, 6) is -0.489. The Kier molecular flexibility index (Phi) is 7.12. The molecule has 1 amide bonds. The van der Waals surface area contributed by atoms with Crippen LogP contribution in [-0.2, 0) is 16.0 Å². The first-order valence-electron chi connectivity index (χ1n) is 9.26. The molecule has 156 valence electrons. The van der Waals surface area contributed by atoms with E-state index in [4.69, 9.17) is 26.8 Å². The molecule has 0 aromatic heterocycles. The maximum Gasteiger partial charge on any atom is 0.344 e. The molecule has 1 N–H and O–H groups in total. The Morgan fingerprint density at radius 2 is 1.97 bits per heavy atom. The molecule has 0 bridgehead atoms. The highest BCUT2D eigenvalue weighted by Crippen LogP contribution is 2.35. The second-order valence-corrected chi connectivity index (χ2v) is 8.25. The summed E-state index contributed by atoms with van der Waals surface area (Å²) in [6.45, 7) is 1.96. The number of carbonyl (C=O) groups excluding carboxylic acids is 1. The number of aliphatic carboxylic acids is 1. The molecule has 0 aliphatic carbocycles. The van der Waals surface area contributed by atoms with E-state index in [2.05, 4.69) is 0 Å². The number of methoxy groups -OCH3 is 1. The number of carboxylic acids is 1. The van der Waals surface area contributed by atoms with Gasteiger partial charge in [0.1, 0.15) is 4.32 Å². The van der Waals surface area contributed by atoms with Crippen molar-refractivity contribution in [1.82, 2.24) is 4.90 Å². The van der Waals surface area contributed by atoms with Crippen molar-refractivity contribution in [2.45, 2.75) is 19.4 Å². The van der Waals surface area contributed by atoms with Crippen LogP contribution < -0.4 is 9.47 Å². The molecule has 0 radical (unpaired) electrons. The summed E-state index contributed by atoms with van der Waals surface area (Å²) in [6, 6.07) is 15.0. The van der Waals surface area contributed by atoms with Gasteiger partial charge in [-0.25, -0.2) is 4.79 Å². The third-order valence-corrected chi connectivity index (χ3v) is 5.86. The van der Waals surface area contributed by atoms with Gasteiger partial charge >= 0.3 is 5.97 Å². The Morgan fingerprint density at radius 1 is 1.23 bits per heavy atom. The number of amides is 1. The fraction of sp³-hybridized carbons (Fsp3) is 0.227. The molecule has 0 saturated carbocycles. The summed E-state index contributed by atoms with van der Waals surface area (Å²) in [6.07, 6.45) is 1.46. The topological polar surface area (TPSA) is 76.1 Å². The predicted molar refractivity (Wildman–Crippen MR) is 121 cm³/mol. The number of nitrogens with zero attached hydrogens (tertiary/aromatic N) is 1. The molecule has 1 aliphatic rings. The Labute approximate surface area is 184 Å². The lowest BCUT2D eigenvalue weighted by molar-refractivity contribution is -0.144. The molecule has 8 heteroatoms. The monoisotopic (exact) mass is 443 g/mol. The molecule has 1 heterocycles. The second-order valence-electron chi connectivity index (χ2n) is 6.58. The van der Waals surface area contributed by atoms with Gasteiger partial charge in [0.25, 0.3) is 5.91 Å². The minimum Gasteiger partial charge on any atom is -0.493 e. The number of ether oxygens (including phenoxy) is 2. The molecule has 1 saturated heterocycles. The highest BCUT2D eigenvalue weighted by molar-refractivity contribution is 8.26. The standard InChI is InChI=1S/C22H21NO5S2/c1-14(21(25)26)28-17-9-8-16(12-18(17)27-2)13-19-20(24)23(22(29)30-19)11-10-15-6-4-3-5-7-15/h3-9,12-14H,10-11H2,1-2H3,(H,25,26)/b19-13+. The largest absolute Gasteiger partial charge is 0.493 e. The lowest BCUT2D eigenvalue weighted by Gasteiger charge is -2.14. The number of hydrogen-bond donors (Lipinski definition) is 1. The zero-order valence-electron chi connectivity index (χ0n) is 16.5. The summed E-state index contributed by atoms with van der Waals surface area (Å²) in [5.41, 5.74) is 1.87. The first-order chi connectivity index (χ1) is 14.4. The maximum atomic E-state index is 12.8. The van der Waals surface area contributed by atoms with Crippen LogP contribution in [0.25, 0.3) is 6.08 Å². The van der Waals surface area contributed by atoms with E-state index < -0.39 is 12.1 Å². The third-order valence-electron chi connectivity index (χ3n) is 4.48. The third kappa shape index (κ3) is 5.20. The number of hydrogen-bond acceptors (Lipinski definition) is 6. The van der Waals surface area contributed by atoms with Crippen LogP contribution in [0.1, 0.15) is 18.1 Å². The Hall–Kier alpha value is -2.84. The first-order valence-corrected chi connectivity index (χ1v) is 10.5. The maximum absolute atomic E-state index is 12.8. The predicted octanol–water partition coefficient (Wildman–Crippen LogP) is 3.99. The van der Waals surface area contributed by atoms with E-state index in [0.29, 0.717) is 27.3 Å². The molecule has 30 heavy (non-hydrogen) atoms. The van der Waals surface area contributed by atoms with Gasteiger partial charge in [-0.2, -0.15) is 0 Å². The van der Waals surface area contributed by atoms with Crippen LogP contribution in [0.2, 0.25) is 0 Å². The SMILES string of the molecule is COc1cc(/C=C2/SC(=S)N(CCc3ccccc3)C2=O)ccc1OC(C)C(=O)O. The molecule has 2 aromatic carbocycles. The summed E-state index contributed by atoms with van der Waals surface area (Å²) >= 11 is 6.66. The van der Waals surface area contributed by atoms with Gasteiger partial charge in [0.2, 0.25) is 0 Å². The Balaban J connectivity index is 1.73. The number of thioether (sulfide) groups is 1. The molecule has 1 unspecified atom stereocenters. The Bertz CT molecular complexity index is 990. The van der Waals surface area contributed by atoms with Gasteiger partial charge in [-0.15, -0.1) is 0 Å². The van der Waals surface area contributed by atoms with Gasteiger partial charge in [0.15, 0.2) is 17.6 Å². The van der Waals surface area contributed by atoms with E-state index in [1.165, 1.54) is 25.8 Å². The van der Waals surface area contributed by atoms with E-state index in [1.54, 1.807) is 29.2 Å². The number of carbonyl (C=O) groups is 2. The first kappa shape index (κ1) is 21.9. The van der Waals surface area contributed by atoms with Gasteiger partial charge in [-0.3, -0.25) is 9.69 Å². The summed E-state index contributed by atoms with van der Waals surface area (Å²) < 4.78 is 11.3. The quantitative estimate of drug-likeness (QED) is 0.488. The zero-order chi connectivity index (χ0) is 21.7. The van der Waals surface area contributed by atoms with E-state index in [9.17, 15) is 9.59 Å². The average Bonchev–Trinajstić information content (AvgIpc) is 3.00. The molecule has 1 fully saturated rings. The lowest BCUT2D eigenvalue weighted by Crippen LogP contribution is -2.30. The smallest absolute Gasteiger partial charge is 0.344 e. The molecule has 3 rings (SSSR count). The van der Waals surface area contributed by atoms with Crippen LogP contribution in [0.3, 0.4) is 0 Å². The van der Waals surface area contributed by atoms with Crippen molar-refractivity contribution < 1.29 is 24.2 Å². The van der Waals surface area contributed by atoms with Gasteiger partial charge < -0.3 is 14.6 Å². The van der Waals surface area contributed by atoms with Crippen molar-refractivity contribution in [3.05, 3.63) is 64.6 Å². The lowest BCUT2D eigenvalue weighted by atomic mass is 10.1. The number of carboxylic acid groups (broad SMARTS) is 1. The van der Waals surface area contributed by atoms with Gasteiger partial charge in [0, 0.05) is 6.54 Å². The number of rotatable bonds is 8. The molecule has 1 atom stereocenters. The molecular formula is C22H21NO5S2. The van der Waals surface area contributed by atoms with Crippen LogP contribution in [0, 0.1) is 0 Å². The average molecular weight is 444 g/mol. The van der Waals surface area contributed by atoms with Crippen molar-refractivity contribution in [2.75, 3.05) is 13.7 Å². The van der Waals surface area contributed by atoms with E-state index in [1.807, 2.05) is 30.3 Å². The highest BCUT2D eigenvalue weighted by atomic mass is 32.2. The van der Waals surface area contributed by atoms with Crippen molar-refractivity contribution in [3.8, 4) is 11.5 Å². The van der Waals surface area contributed by atoms with Gasteiger partial charge in [-0.05, 0) is 42.7 Å². The van der Waals surface area contributed by atoms with Crippen LogP contribution >= 0.6 is 24.0 Å². The van der Waals surface area contributed by atoms with Gasteiger partial charge in [-0.1, -0.05) is 60.4 Å². The molecule has 2 aromatic rings. The van der Waals surface area contributed by atoms with E-state index in [0.717, 1.165) is 17.5 Å². The molecule has 6 nitrogen and oxygen atoms in total. The fourth-order valence-electron chi connectivity index (χ4n) is 2.84. The fourth-order valence-corrected chi connectivity index (χ4v) is 4.15. The molecule has 0 spiro atoms. The summed E-state index contributed by atoms with van der Waals surface area (Å²) in [7, 11) is 1.47. The second kappa shape index (κ2) is 9.77. The minimum absolute atomic E-state index is 0.125. The van der Waals surface area contributed by atoms with Crippen LogP contribution in [0.5, 0.6) is 11.5 Å². The zero-order valence-corrected chi connectivity index (χ0v) is 18.2. The van der Waals surface area contributed by atoms with Crippen molar-refractivity contribution in [3.63, 3.8) is 0 Å². The van der Waals surface area contributed by atoms with Crippen molar-refractivity contribution in [2.24, 2.45) is 0 Å². The highest BCUT2D eigenvalue weighted by Gasteiger charge is 2.31. The van der Waals surface area contributed by atoms with E-state index >= 15 is 0 Å².